The highest BCUT2D eigenvalue weighted by atomic mass is 35.5. The molecular formula is C24H18ClF3N6O2. The number of rotatable bonds is 4. The van der Waals surface area contributed by atoms with Gasteiger partial charge in [0.1, 0.15) is 11.5 Å². The molecule has 36 heavy (non-hydrogen) atoms. The molecule has 5 rings (SSSR count). The van der Waals surface area contributed by atoms with Crippen LogP contribution in [0.1, 0.15) is 30.3 Å². The van der Waals surface area contributed by atoms with Gasteiger partial charge in [0.25, 0.3) is 0 Å². The lowest BCUT2D eigenvalue weighted by molar-refractivity contribution is -0.137. The molecule has 1 saturated heterocycles. The van der Waals surface area contributed by atoms with E-state index in [0.717, 1.165) is 6.07 Å². The van der Waals surface area contributed by atoms with Crippen molar-refractivity contribution in [2.45, 2.75) is 25.1 Å². The van der Waals surface area contributed by atoms with Crippen LogP contribution in [0, 0.1) is 0 Å². The van der Waals surface area contributed by atoms with Gasteiger partial charge in [-0.05, 0) is 61.4 Å². The summed E-state index contributed by atoms with van der Waals surface area (Å²) in [4.78, 5) is 30.4. The first-order valence-corrected chi connectivity index (χ1v) is 11.3. The van der Waals surface area contributed by atoms with Gasteiger partial charge in [-0.2, -0.15) is 13.2 Å². The molecule has 12 heteroatoms. The van der Waals surface area contributed by atoms with E-state index in [0.29, 0.717) is 41.3 Å². The van der Waals surface area contributed by atoms with E-state index in [1.165, 1.54) is 23.2 Å². The van der Waals surface area contributed by atoms with Crippen LogP contribution < -0.4 is 5.32 Å². The summed E-state index contributed by atoms with van der Waals surface area (Å²) in [5, 5.41) is 13.8. The number of nitrogens with zero attached hydrogens (tertiary/aromatic N) is 5. The number of alkyl halides is 3. The first-order valence-electron chi connectivity index (χ1n) is 10.9. The molecule has 0 spiro atoms. The van der Waals surface area contributed by atoms with Gasteiger partial charge in [-0.1, -0.05) is 11.6 Å². The van der Waals surface area contributed by atoms with Gasteiger partial charge < -0.3 is 10.4 Å². The second kappa shape index (κ2) is 9.23. The second-order valence-corrected chi connectivity index (χ2v) is 8.60. The van der Waals surface area contributed by atoms with E-state index >= 15 is 0 Å². The number of anilines is 2. The number of amides is 1. The minimum absolute atomic E-state index is 0.0148. The Labute approximate surface area is 207 Å². The van der Waals surface area contributed by atoms with Gasteiger partial charge in [-0.3, -0.25) is 9.88 Å². The van der Waals surface area contributed by atoms with Gasteiger partial charge in [0.05, 0.1) is 22.7 Å². The maximum Gasteiger partial charge on any atom is 0.418 e. The third-order valence-corrected chi connectivity index (χ3v) is 6.09. The summed E-state index contributed by atoms with van der Waals surface area (Å²) in [5.74, 6) is 0.547. The molecule has 8 nitrogen and oxygen atoms in total. The Morgan fingerprint density at radius 3 is 2.58 bits per heavy atom. The van der Waals surface area contributed by atoms with Crippen molar-refractivity contribution >= 4 is 40.2 Å². The molecule has 4 aromatic rings. The van der Waals surface area contributed by atoms with E-state index in [2.05, 4.69) is 25.3 Å². The number of benzene rings is 1. The van der Waals surface area contributed by atoms with E-state index in [1.54, 1.807) is 30.3 Å². The standard InChI is InChI=1S/C24H18ClF3N6O2/c25-13-5-7-14(8-6-13)30-20-15-9-10-17(19-16(24(26,27)28)3-1-11-29-19)31-21(15)33-22(32-20)18-4-2-12-34(18)23(35)36/h1,3,5-11,18H,2,4,12H2,(H,35,36)(H,30,31,32,33)/t18-/m1/s1. The molecule has 184 valence electrons. The lowest BCUT2D eigenvalue weighted by Gasteiger charge is -2.21. The number of aromatic nitrogens is 4. The first kappa shape index (κ1) is 23.7. The molecule has 1 atom stereocenters. The van der Waals surface area contributed by atoms with Gasteiger partial charge >= 0.3 is 12.3 Å². The number of pyridine rings is 2. The average molecular weight is 515 g/mol. The van der Waals surface area contributed by atoms with Crippen LogP contribution >= 0.6 is 11.6 Å². The van der Waals surface area contributed by atoms with E-state index in [9.17, 15) is 23.1 Å². The lowest BCUT2D eigenvalue weighted by atomic mass is 10.1. The van der Waals surface area contributed by atoms with Crippen LogP contribution in [-0.2, 0) is 6.18 Å². The summed E-state index contributed by atoms with van der Waals surface area (Å²) in [5.41, 5.74) is -0.491. The Morgan fingerprint density at radius 2 is 1.86 bits per heavy atom. The fourth-order valence-electron chi connectivity index (χ4n) is 4.18. The number of fused-ring (bicyclic) bond motifs is 1. The summed E-state index contributed by atoms with van der Waals surface area (Å²) in [6.45, 7) is 0.331. The van der Waals surface area contributed by atoms with Crippen molar-refractivity contribution < 1.29 is 23.1 Å². The van der Waals surface area contributed by atoms with Gasteiger partial charge in [0.2, 0.25) is 0 Å². The highest BCUT2D eigenvalue weighted by Gasteiger charge is 2.35. The van der Waals surface area contributed by atoms with Crippen LogP contribution in [0.4, 0.5) is 29.5 Å². The van der Waals surface area contributed by atoms with Crippen LogP contribution in [0.2, 0.25) is 5.02 Å². The Balaban J connectivity index is 1.67. The molecule has 2 N–H and O–H groups in total. The van der Waals surface area contributed by atoms with Crippen LogP contribution in [-0.4, -0.2) is 42.6 Å². The molecule has 0 saturated carbocycles. The van der Waals surface area contributed by atoms with Crippen molar-refractivity contribution in [3.8, 4) is 11.4 Å². The second-order valence-electron chi connectivity index (χ2n) is 8.16. The predicted octanol–water partition coefficient (Wildman–Crippen LogP) is 6.32. The molecule has 0 aliphatic carbocycles. The number of hydrogen-bond donors (Lipinski definition) is 2. The highest BCUT2D eigenvalue weighted by molar-refractivity contribution is 6.30. The Bertz CT molecular complexity index is 1450. The van der Waals surface area contributed by atoms with Crippen molar-refractivity contribution in [1.82, 2.24) is 24.8 Å². The summed E-state index contributed by atoms with van der Waals surface area (Å²) < 4.78 is 40.8. The lowest BCUT2D eigenvalue weighted by Crippen LogP contribution is -2.30. The summed E-state index contributed by atoms with van der Waals surface area (Å²) in [7, 11) is 0. The fourth-order valence-corrected chi connectivity index (χ4v) is 4.30. The topological polar surface area (TPSA) is 104 Å². The number of carboxylic acid groups (broad SMARTS) is 1. The molecule has 3 aromatic heterocycles. The van der Waals surface area contributed by atoms with Crippen LogP contribution in [0.3, 0.4) is 0 Å². The molecule has 1 aliphatic rings. The summed E-state index contributed by atoms with van der Waals surface area (Å²) in [6.07, 6.45) is -3.31. The Hall–Kier alpha value is -3.99. The number of carbonyl (C=O) groups is 1. The van der Waals surface area contributed by atoms with Crippen molar-refractivity contribution in [2.24, 2.45) is 0 Å². The zero-order valence-corrected chi connectivity index (χ0v) is 19.3. The van der Waals surface area contributed by atoms with E-state index in [1.807, 2.05) is 0 Å². The molecular weight excluding hydrogens is 497 g/mol. The number of halogens is 4. The molecule has 0 radical (unpaired) electrons. The molecule has 0 bridgehead atoms. The number of nitrogens with one attached hydrogen (secondary N) is 1. The SMILES string of the molecule is O=C(O)N1CCC[C@@H]1c1nc(Nc2ccc(Cl)cc2)c2ccc(-c3ncccc3C(F)(F)F)nc2n1. The number of likely N-dealkylation sites (tertiary alicyclic amines) is 1. The highest BCUT2D eigenvalue weighted by Crippen LogP contribution is 2.37. The normalized spacial score (nSPS) is 15.9. The van der Waals surface area contributed by atoms with Gasteiger partial charge in [0, 0.05) is 23.5 Å². The van der Waals surface area contributed by atoms with Crippen molar-refractivity contribution in [3.63, 3.8) is 0 Å². The molecule has 1 aromatic carbocycles. The maximum atomic E-state index is 13.6. The van der Waals surface area contributed by atoms with E-state index in [-0.39, 0.29) is 22.9 Å². The molecule has 4 heterocycles. The van der Waals surface area contributed by atoms with Crippen molar-refractivity contribution in [3.05, 3.63) is 71.1 Å². The molecule has 1 aliphatic heterocycles. The third-order valence-electron chi connectivity index (χ3n) is 5.84. The zero-order chi connectivity index (χ0) is 25.4. The smallest absolute Gasteiger partial charge is 0.418 e. The summed E-state index contributed by atoms with van der Waals surface area (Å²) in [6, 6.07) is 11.4. The van der Waals surface area contributed by atoms with Crippen LogP contribution in [0.25, 0.3) is 22.4 Å². The Morgan fingerprint density at radius 1 is 1.08 bits per heavy atom. The third kappa shape index (κ3) is 4.61. The minimum Gasteiger partial charge on any atom is -0.465 e. The minimum atomic E-state index is -4.62. The van der Waals surface area contributed by atoms with Crippen molar-refractivity contribution in [1.29, 1.82) is 0 Å². The van der Waals surface area contributed by atoms with E-state index < -0.39 is 23.9 Å². The zero-order valence-electron chi connectivity index (χ0n) is 18.5. The fraction of sp³-hybridized carbons (Fsp3) is 0.208. The average Bonchev–Trinajstić information content (AvgIpc) is 3.35. The van der Waals surface area contributed by atoms with E-state index in [4.69, 9.17) is 11.6 Å². The quantitative estimate of drug-likeness (QED) is 0.328. The van der Waals surface area contributed by atoms with Crippen molar-refractivity contribution in [2.75, 3.05) is 11.9 Å². The molecule has 1 fully saturated rings. The van der Waals surface area contributed by atoms with Crippen LogP contribution in [0.5, 0.6) is 0 Å². The van der Waals surface area contributed by atoms with Crippen LogP contribution in [0.15, 0.2) is 54.7 Å². The van der Waals surface area contributed by atoms with Gasteiger partial charge in [-0.25, -0.2) is 19.7 Å². The predicted molar refractivity (Wildman–Crippen MR) is 127 cm³/mol. The molecule has 1 amide bonds. The summed E-state index contributed by atoms with van der Waals surface area (Å²) >= 11 is 5.98. The van der Waals surface area contributed by atoms with Gasteiger partial charge in [0.15, 0.2) is 11.5 Å². The van der Waals surface area contributed by atoms with Gasteiger partial charge in [-0.15, -0.1) is 0 Å². The Kier molecular flexibility index (Phi) is 6.09. The first-order chi connectivity index (χ1) is 17.2. The monoisotopic (exact) mass is 514 g/mol. The maximum absolute atomic E-state index is 13.6. The molecule has 0 unspecified atom stereocenters. The number of hydrogen-bond acceptors (Lipinski definition) is 6. The largest absolute Gasteiger partial charge is 0.465 e.